The first-order chi connectivity index (χ1) is 10.2. The fraction of sp³-hybridized carbons (Fsp3) is 0.0714. The van der Waals surface area contributed by atoms with Gasteiger partial charge in [-0.2, -0.15) is 0 Å². The lowest BCUT2D eigenvalue weighted by molar-refractivity contribution is -0.672. The summed E-state index contributed by atoms with van der Waals surface area (Å²) in [5.41, 5.74) is 1.28. The summed E-state index contributed by atoms with van der Waals surface area (Å²) in [4.78, 5) is 0.429. The lowest BCUT2D eigenvalue weighted by Gasteiger charge is -2.10. The fourth-order valence-corrected chi connectivity index (χ4v) is 2.22. The summed E-state index contributed by atoms with van der Waals surface area (Å²) in [6.07, 6.45) is 0. The first-order valence-electron chi connectivity index (χ1n) is 6.26. The van der Waals surface area contributed by atoms with Gasteiger partial charge in [0, 0.05) is 21.5 Å². The van der Waals surface area contributed by atoms with Gasteiger partial charge in [-0.3, -0.25) is 5.32 Å². The van der Waals surface area contributed by atoms with Crippen LogP contribution in [0.4, 0.5) is 5.95 Å². The third-order valence-electron chi connectivity index (χ3n) is 3.08. The van der Waals surface area contributed by atoms with Crippen molar-refractivity contribution >= 4 is 28.6 Å². The molecule has 1 N–H and O–H groups in total. The van der Waals surface area contributed by atoms with E-state index in [0.717, 1.165) is 5.56 Å². The second-order valence-corrected chi connectivity index (χ2v) is 4.83. The Morgan fingerprint density at radius 3 is 2.43 bits per heavy atom. The van der Waals surface area contributed by atoms with Crippen molar-refractivity contribution in [3.8, 4) is 0 Å². The van der Waals surface area contributed by atoms with E-state index in [1.807, 2.05) is 18.2 Å². The van der Waals surface area contributed by atoms with Gasteiger partial charge < -0.3 is 10.4 Å². The molecule has 3 rings (SSSR count). The van der Waals surface area contributed by atoms with Crippen molar-refractivity contribution in [2.75, 3.05) is 5.32 Å². The topological polar surface area (TPSA) is 78.8 Å². The van der Waals surface area contributed by atoms with E-state index in [4.69, 9.17) is 11.6 Å². The van der Waals surface area contributed by atoms with E-state index in [-0.39, 0.29) is 17.0 Å². The molecular weight excluding hydrogens is 292 g/mol. The van der Waals surface area contributed by atoms with Gasteiger partial charge in [0.2, 0.25) is 5.10 Å². The highest BCUT2D eigenvalue weighted by molar-refractivity contribution is 6.31. The first-order valence-corrected chi connectivity index (χ1v) is 6.64. The molecule has 0 saturated carbocycles. The molecule has 0 spiro atoms. The molecule has 3 aromatic rings. The molecule has 7 heteroatoms. The number of nitrogens with one attached hydrogen (secondary N) is 1. The molecule has 0 saturated heterocycles. The molecule has 0 aliphatic heterocycles. The number of nitrogens with zero attached hydrogens (tertiary/aromatic N) is 3. The molecule has 0 fully saturated rings. The Balaban J connectivity index is 1.95. The average Bonchev–Trinajstić information content (AvgIpc) is 2.51. The highest BCUT2D eigenvalue weighted by Gasteiger charge is 2.19. The van der Waals surface area contributed by atoms with Crippen molar-refractivity contribution in [3.63, 3.8) is 0 Å². The summed E-state index contributed by atoms with van der Waals surface area (Å²) < 4.78 is 0.598. The number of para-hydroxylation sites is 2. The van der Waals surface area contributed by atoms with Crippen LogP contribution in [0.25, 0.3) is 11.0 Å². The van der Waals surface area contributed by atoms with Gasteiger partial charge in [-0.25, -0.2) is 4.73 Å². The van der Waals surface area contributed by atoms with E-state index in [9.17, 15) is 10.4 Å². The van der Waals surface area contributed by atoms with Gasteiger partial charge in [-0.05, 0) is 12.1 Å². The number of aromatic nitrogens is 3. The predicted octanol–water partition coefficient (Wildman–Crippen LogP) is 1.77. The van der Waals surface area contributed by atoms with Crippen LogP contribution in [0.1, 0.15) is 5.56 Å². The van der Waals surface area contributed by atoms with E-state index in [1.165, 1.54) is 0 Å². The van der Waals surface area contributed by atoms with Crippen LogP contribution in [-0.4, -0.2) is 5.10 Å². The fourth-order valence-electron chi connectivity index (χ4n) is 2.02. The van der Waals surface area contributed by atoms with Gasteiger partial charge in [0.15, 0.2) is 5.52 Å². The molecule has 0 unspecified atom stereocenters. The average molecular weight is 303 g/mol. The van der Waals surface area contributed by atoms with Crippen LogP contribution in [-0.2, 0) is 6.54 Å². The Bertz CT molecular complexity index is 810. The molecule has 0 atom stereocenters. The molecule has 0 bridgehead atoms. The van der Waals surface area contributed by atoms with E-state index in [1.54, 1.807) is 30.3 Å². The number of fused-ring (bicyclic) bond motifs is 1. The van der Waals surface area contributed by atoms with Gasteiger partial charge in [0.25, 0.3) is 5.52 Å². The van der Waals surface area contributed by atoms with Gasteiger partial charge in [-0.15, -0.1) is 0 Å². The molecule has 106 valence electrons. The highest BCUT2D eigenvalue weighted by atomic mass is 35.5. The quantitative estimate of drug-likeness (QED) is 0.591. The third-order valence-corrected chi connectivity index (χ3v) is 3.45. The summed E-state index contributed by atoms with van der Waals surface area (Å²) in [7, 11) is 0. The molecule has 0 aliphatic rings. The minimum absolute atomic E-state index is 0.0661. The van der Waals surface area contributed by atoms with E-state index < -0.39 is 0 Å². The molecular formula is C14H11ClN4O2. The van der Waals surface area contributed by atoms with Gasteiger partial charge in [0.05, 0.1) is 6.54 Å². The summed E-state index contributed by atoms with van der Waals surface area (Å²) in [6.45, 7) is 0.299. The maximum Gasteiger partial charge on any atom is 0.461 e. The zero-order valence-electron chi connectivity index (χ0n) is 10.9. The Labute approximate surface area is 125 Å². The van der Waals surface area contributed by atoms with Gasteiger partial charge >= 0.3 is 5.95 Å². The number of halogens is 1. The predicted molar refractivity (Wildman–Crippen MR) is 78.4 cm³/mol. The van der Waals surface area contributed by atoms with Crippen molar-refractivity contribution in [3.05, 3.63) is 69.5 Å². The van der Waals surface area contributed by atoms with Crippen LogP contribution in [0.15, 0.2) is 48.5 Å². The van der Waals surface area contributed by atoms with Crippen LogP contribution >= 0.6 is 11.6 Å². The summed E-state index contributed by atoms with van der Waals surface area (Å²) in [5, 5.41) is 31.1. The van der Waals surface area contributed by atoms with Crippen LogP contribution in [0, 0.1) is 10.4 Å². The number of hydrogen-bond acceptors (Lipinski definition) is 4. The van der Waals surface area contributed by atoms with Crippen molar-refractivity contribution < 1.29 is 9.58 Å². The van der Waals surface area contributed by atoms with E-state index in [2.05, 4.69) is 10.4 Å². The number of hydrogen-bond donors (Lipinski definition) is 1. The molecule has 6 nitrogen and oxygen atoms in total. The van der Waals surface area contributed by atoms with Crippen molar-refractivity contribution in [1.29, 1.82) is 0 Å². The lowest BCUT2D eigenvalue weighted by Crippen LogP contribution is -2.44. The van der Waals surface area contributed by atoms with Gasteiger partial charge in [-0.1, -0.05) is 41.9 Å². The Hall–Kier alpha value is -2.60. The molecule has 0 amide bonds. The van der Waals surface area contributed by atoms with E-state index >= 15 is 0 Å². The number of anilines is 1. The second-order valence-electron chi connectivity index (χ2n) is 4.42. The molecule has 0 aliphatic carbocycles. The maximum absolute atomic E-state index is 12.2. The summed E-state index contributed by atoms with van der Waals surface area (Å²) >= 11 is 6.04. The number of rotatable bonds is 3. The molecule has 2 aromatic carbocycles. The maximum atomic E-state index is 12.2. The van der Waals surface area contributed by atoms with E-state index in [0.29, 0.717) is 21.1 Å². The van der Waals surface area contributed by atoms with Crippen molar-refractivity contribution in [2.24, 2.45) is 0 Å². The normalized spacial score (nSPS) is 10.7. The van der Waals surface area contributed by atoms with Gasteiger partial charge in [0.1, 0.15) is 0 Å². The zero-order chi connectivity index (χ0) is 14.8. The van der Waals surface area contributed by atoms with Crippen molar-refractivity contribution in [1.82, 2.24) is 5.10 Å². The van der Waals surface area contributed by atoms with Crippen LogP contribution in [0.2, 0.25) is 5.02 Å². The molecule has 1 heterocycles. The highest BCUT2D eigenvalue weighted by Crippen LogP contribution is 2.15. The number of benzene rings is 2. The third kappa shape index (κ3) is 2.53. The van der Waals surface area contributed by atoms with Crippen LogP contribution in [0.5, 0.6) is 0 Å². The van der Waals surface area contributed by atoms with Crippen LogP contribution in [0.3, 0.4) is 0 Å². The van der Waals surface area contributed by atoms with Crippen molar-refractivity contribution in [2.45, 2.75) is 6.54 Å². The Kier molecular flexibility index (Phi) is 3.45. The smallest absolute Gasteiger partial charge is 0.461 e. The summed E-state index contributed by atoms with van der Waals surface area (Å²) in [5.74, 6) is -0.0661. The Morgan fingerprint density at radius 2 is 1.67 bits per heavy atom. The monoisotopic (exact) mass is 302 g/mol. The molecule has 21 heavy (non-hydrogen) atoms. The SMILES string of the molecule is [O-][n+]1nc(NCc2ccccc2Cl)[n+]([O-])c2ccccc21. The minimum Gasteiger partial charge on any atom is -0.739 e. The minimum atomic E-state index is -0.0661. The second kappa shape index (κ2) is 5.41. The Morgan fingerprint density at radius 1 is 1.00 bits per heavy atom. The lowest BCUT2D eigenvalue weighted by atomic mass is 10.2. The standard InChI is InChI=1S/C14H11ClN4O2/c15-11-6-2-1-5-10(11)9-16-14-17-19(21)13-8-4-3-7-12(13)18(14)20/h1-8H,9H2,(H,16,17). The van der Waals surface area contributed by atoms with Crippen LogP contribution < -0.4 is 14.9 Å². The molecule has 0 radical (unpaired) electrons. The molecule has 1 aromatic heterocycles. The summed E-state index contributed by atoms with van der Waals surface area (Å²) in [6, 6.07) is 13.7. The zero-order valence-corrected chi connectivity index (χ0v) is 11.6. The largest absolute Gasteiger partial charge is 0.739 e. The first kappa shape index (κ1) is 13.4.